The summed E-state index contributed by atoms with van der Waals surface area (Å²) < 4.78 is 13.9. The van der Waals surface area contributed by atoms with Crippen LogP contribution in [0.2, 0.25) is 0 Å². The van der Waals surface area contributed by atoms with Crippen LogP contribution in [-0.2, 0) is 9.71 Å². The van der Waals surface area contributed by atoms with E-state index in [0.717, 1.165) is 5.56 Å². The molecule has 0 saturated carbocycles. The summed E-state index contributed by atoms with van der Waals surface area (Å²) in [5.41, 5.74) is 1.08. The highest BCUT2D eigenvalue weighted by Gasteiger charge is 1.95. The molecular weight excluding hydrogens is 172 g/mol. The average Bonchev–Trinajstić information content (AvgIpc) is 1.91. The lowest BCUT2D eigenvalue weighted by molar-refractivity contribution is 0.688. The van der Waals surface area contributed by atoms with Crippen molar-refractivity contribution in [2.75, 3.05) is 11.0 Å². The van der Waals surface area contributed by atoms with Gasteiger partial charge >= 0.3 is 0 Å². The topological polar surface area (TPSA) is 42.0 Å². The fourth-order valence-electron chi connectivity index (χ4n) is 0.749. The Bertz CT molecular complexity index is 353. The molecule has 0 bridgehead atoms. The predicted octanol–water partition coefficient (Wildman–Crippen LogP) is 1.06. The van der Waals surface area contributed by atoms with Crippen LogP contribution in [0.25, 0.3) is 0 Å². The molecule has 0 fully saturated rings. The van der Waals surface area contributed by atoms with Gasteiger partial charge in [0.05, 0.1) is 0 Å². The minimum absolute atomic E-state index is 0.600. The Morgan fingerprint density at radius 1 is 1.58 bits per heavy atom. The molecule has 12 heavy (non-hydrogen) atoms. The third-order valence-electron chi connectivity index (χ3n) is 1.23. The summed E-state index contributed by atoms with van der Waals surface area (Å²) in [4.78, 5) is 4.03. The second-order valence-corrected chi connectivity index (χ2v) is 5.04. The Kier molecular flexibility index (Phi) is 2.38. The van der Waals surface area contributed by atoms with E-state index in [-0.39, 0.29) is 0 Å². The summed E-state index contributed by atoms with van der Waals surface area (Å²) in [7, 11) is -2.20. The van der Waals surface area contributed by atoms with Crippen molar-refractivity contribution in [1.82, 2.24) is 4.98 Å². The molecule has 0 amide bonds. The largest absolute Gasteiger partial charge is 0.298 e. The van der Waals surface area contributed by atoms with Crippen LogP contribution < -0.4 is 4.72 Å². The van der Waals surface area contributed by atoms with Crippen LogP contribution in [0.4, 0.5) is 5.82 Å². The molecule has 0 aliphatic rings. The van der Waals surface area contributed by atoms with E-state index in [1.54, 1.807) is 12.3 Å². The van der Waals surface area contributed by atoms with Crippen LogP contribution in [0.1, 0.15) is 5.56 Å². The third kappa shape index (κ3) is 2.92. The Morgan fingerprint density at radius 2 is 2.25 bits per heavy atom. The number of pyridine rings is 1. The van der Waals surface area contributed by atoms with Gasteiger partial charge in [-0.25, -0.2) is 9.19 Å². The predicted molar refractivity (Wildman–Crippen MR) is 53.8 cm³/mol. The van der Waals surface area contributed by atoms with Crippen LogP contribution in [0.5, 0.6) is 0 Å². The van der Waals surface area contributed by atoms with Gasteiger partial charge in [0.25, 0.3) is 0 Å². The summed E-state index contributed by atoms with van der Waals surface area (Å²) in [6, 6.07) is 3.68. The normalized spacial score (nSPS) is 15.2. The first-order valence-electron chi connectivity index (χ1n) is 3.50. The second kappa shape index (κ2) is 3.15. The maximum atomic E-state index is 11.2. The van der Waals surface area contributed by atoms with Crippen molar-refractivity contribution in [3.05, 3.63) is 23.9 Å². The minimum Gasteiger partial charge on any atom is -0.298 e. The Labute approximate surface area is 73.0 Å². The summed E-state index contributed by atoms with van der Waals surface area (Å²) >= 11 is 0. The van der Waals surface area contributed by atoms with Crippen molar-refractivity contribution in [2.24, 2.45) is 0 Å². The first kappa shape index (κ1) is 9.06. The van der Waals surface area contributed by atoms with Gasteiger partial charge in [0.1, 0.15) is 5.82 Å². The molecule has 0 aliphatic carbocycles. The SMILES string of the molecule is C=S(C)(=O)Nc1ccc(C)cn1. The molecule has 1 N–H and O–H groups in total. The minimum atomic E-state index is -2.20. The quantitative estimate of drug-likeness (QED) is 0.698. The number of aryl methyl sites for hydroxylation is 1. The monoisotopic (exact) mass is 184 g/mol. The van der Waals surface area contributed by atoms with E-state index in [1.165, 1.54) is 6.26 Å². The van der Waals surface area contributed by atoms with Crippen molar-refractivity contribution in [1.29, 1.82) is 0 Å². The van der Waals surface area contributed by atoms with E-state index < -0.39 is 9.71 Å². The number of hydrogen-bond donors (Lipinski definition) is 1. The van der Waals surface area contributed by atoms with Crippen molar-refractivity contribution in [2.45, 2.75) is 6.92 Å². The van der Waals surface area contributed by atoms with Crippen LogP contribution in [0, 0.1) is 6.92 Å². The highest BCUT2D eigenvalue weighted by atomic mass is 32.2. The maximum Gasteiger partial charge on any atom is 0.137 e. The lowest BCUT2D eigenvalue weighted by atomic mass is 10.3. The lowest BCUT2D eigenvalue weighted by Gasteiger charge is -2.05. The van der Waals surface area contributed by atoms with E-state index in [4.69, 9.17) is 0 Å². The highest BCUT2D eigenvalue weighted by Crippen LogP contribution is 2.04. The molecule has 0 aliphatic heterocycles. The number of anilines is 1. The summed E-state index contributed by atoms with van der Waals surface area (Å²) in [6.07, 6.45) is 3.25. The standard InChI is InChI=1S/C8H12N2OS/c1-7-4-5-8(9-6-7)10-12(2,3)11/h4-6H,2H2,1,3H3,(H,9,10,11). The Morgan fingerprint density at radius 3 is 2.67 bits per heavy atom. The molecule has 3 nitrogen and oxygen atoms in total. The molecule has 1 aromatic rings. The van der Waals surface area contributed by atoms with Gasteiger partial charge in [0.15, 0.2) is 0 Å². The molecule has 0 radical (unpaired) electrons. The number of rotatable bonds is 2. The number of nitrogens with one attached hydrogen (secondary N) is 1. The Balaban J connectivity index is 2.85. The molecule has 1 rings (SSSR count). The molecule has 0 spiro atoms. The smallest absolute Gasteiger partial charge is 0.137 e. The third-order valence-corrected chi connectivity index (χ3v) is 1.87. The number of hydrogen-bond acceptors (Lipinski definition) is 2. The molecule has 0 aromatic carbocycles. The average molecular weight is 184 g/mol. The zero-order valence-electron chi connectivity index (χ0n) is 7.20. The van der Waals surface area contributed by atoms with Crippen molar-refractivity contribution in [3.8, 4) is 0 Å². The molecule has 1 atom stereocenters. The maximum absolute atomic E-state index is 11.2. The molecule has 0 saturated heterocycles. The fourth-order valence-corrected chi connectivity index (χ4v) is 1.31. The van der Waals surface area contributed by atoms with Gasteiger partial charge in [-0.2, -0.15) is 0 Å². The lowest BCUT2D eigenvalue weighted by Crippen LogP contribution is -2.10. The zero-order valence-corrected chi connectivity index (χ0v) is 8.02. The molecule has 1 aromatic heterocycles. The van der Waals surface area contributed by atoms with E-state index in [1.807, 2.05) is 13.0 Å². The summed E-state index contributed by atoms with van der Waals surface area (Å²) in [6.45, 7) is 1.95. The van der Waals surface area contributed by atoms with E-state index in [9.17, 15) is 4.21 Å². The molecule has 1 unspecified atom stereocenters. The Hall–Kier alpha value is -1.03. The fraction of sp³-hybridized carbons (Fsp3) is 0.250. The van der Waals surface area contributed by atoms with Crippen LogP contribution in [-0.4, -0.2) is 21.3 Å². The van der Waals surface area contributed by atoms with Gasteiger partial charge in [0, 0.05) is 22.2 Å². The van der Waals surface area contributed by atoms with Gasteiger partial charge in [-0.1, -0.05) is 6.07 Å². The van der Waals surface area contributed by atoms with E-state index in [2.05, 4.69) is 15.6 Å². The van der Waals surface area contributed by atoms with Gasteiger partial charge in [0.2, 0.25) is 0 Å². The molecule has 66 valence electrons. The molecule has 4 heteroatoms. The van der Waals surface area contributed by atoms with E-state index in [0.29, 0.717) is 5.82 Å². The first-order chi connectivity index (χ1) is 5.47. The van der Waals surface area contributed by atoms with E-state index >= 15 is 0 Å². The summed E-state index contributed by atoms with van der Waals surface area (Å²) in [5, 5.41) is 0. The van der Waals surface area contributed by atoms with Gasteiger partial charge in [-0.05, 0) is 24.4 Å². The van der Waals surface area contributed by atoms with Crippen molar-refractivity contribution in [3.63, 3.8) is 0 Å². The van der Waals surface area contributed by atoms with Crippen molar-refractivity contribution >= 4 is 21.4 Å². The van der Waals surface area contributed by atoms with Crippen LogP contribution >= 0.6 is 0 Å². The van der Waals surface area contributed by atoms with Crippen LogP contribution in [0.3, 0.4) is 0 Å². The summed E-state index contributed by atoms with van der Waals surface area (Å²) in [5.74, 6) is 4.06. The second-order valence-electron chi connectivity index (χ2n) is 2.83. The number of aromatic nitrogens is 1. The first-order valence-corrected chi connectivity index (χ1v) is 5.63. The zero-order chi connectivity index (χ0) is 9.19. The van der Waals surface area contributed by atoms with Crippen LogP contribution in [0.15, 0.2) is 18.3 Å². The van der Waals surface area contributed by atoms with Gasteiger partial charge < -0.3 is 0 Å². The van der Waals surface area contributed by atoms with Gasteiger partial charge in [-0.3, -0.25) is 4.72 Å². The van der Waals surface area contributed by atoms with Gasteiger partial charge in [-0.15, -0.1) is 0 Å². The highest BCUT2D eigenvalue weighted by molar-refractivity contribution is 8.00. The molecular formula is C8H12N2OS. The van der Waals surface area contributed by atoms with Crippen molar-refractivity contribution < 1.29 is 4.21 Å². The molecule has 1 heterocycles. The number of nitrogens with zero attached hydrogens (tertiary/aromatic N) is 1.